The summed E-state index contributed by atoms with van der Waals surface area (Å²) in [5.74, 6) is -0.165. The lowest BCUT2D eigenvalue weighted by Crippen LogP contribution is -2.17. The SMILES string of the molecule is Cn1cc(NC(=O)c2ccc3[nH]c4c(c3c2)CCCC4)ccc1=O. The second-order valence-corrected chi connectivity index (χ2v) is 6.37. The van der Waals surface area contributed by atoms with E-state index >= 15 is 0 Å². The summed E-state index contributed by atoms with van der Waals surface area (Å²) in [4.78, 5) is 27.4. The number of rotatable bonds is 2. The number of aromatic nitrogens is 2. The van der Waals surface area contributed by atoms with Gasteiger partial charge in [-0.3, -0.25) is 9.59 Å². The predicted octanol–water partition coefficient (Wildman–Crippen LogP) is 3.00. The molecule has 5 heteroatoms. The minimum atomic E-state index is -0.165. The highest BCUT2D eigenvalue weighted by Crippen LogP contribution is 2.29. The molecule has 5 nitrogen and oxygen atoms in total. The van der Waals surface area contributed by atoms with Gasteiger partial charge in [0.05, 0.1) is 5.69 Å². The summed E-state index contributed by atoms with van der Waals surface area (Å²) in [5, 5.41) is 4.01. The van der Waals surface area contributed by atoms with Crippen molar-refractivity contribution in [2.75, 3.05) is 5.32 Å². The number of H-pyrrole nitrogens is 1. The van der Waals surface area contributed by atoms with Crippen LogP contribution in [0.15, 0.2) is 41.3 Å². The average Bonchev–Trinajstić information content (AvgIpc) is 2.96. The van der Waals surface area contributed by atoms with E-state index < -0.39 is 0 Å². The topological polar surface area (TPSA) is 66.9 Å². The molecule has 1 amide bonds. The Hall–Kier alpha value is -2.82. The summed E-state index contributed by atoms with van der Waals surface area (Å²) >= 11 is 0. The largest absolute Gasteiger partial charge is 0.358 e. The third-order valence-electron chi connectivity index (χ3n) is 4.70. The third-order valence-corrected chi connectivity index (χ3v) is 4.70. The quantitative estimate of drug-likeness (QED) is 0.762. The molecule has 0 saturated carbocycles. The van der Waals surface area contributed by atoms with Crippen molar-refractivity contribution >= 4 is 22.5 Å². The number of anilines is 1. The van der Waals surface area contributed by atoms with E-state index in [-0.39, 0.29) is 11.5 Å². The Labute approximate surface area is 139 Å². The van der Waals surface area contributed by atoms with Gasteiger partial charge in [0.25, 0.3) is 5.91 Å². The minimum Gasteiger partial charge on any atom is -0.358 e. The normalized spacial score (nSPS) is 13.7. The third kappa shape index (κ3) is 2.52. The molecule has 0 unspecified atom stereocenters. The summed E-state index contributed by atoms with van der Waals surface area (Å²) in [5.41, 5.74) is 4.90. The van der Waals surface area contributed by atoms with E-state index in [2.05, 4.69) is 10.3 Å². The van der Waals surface area contributed by atoms with Crippen LogP contribution >= 0.6 is 0 Å². The zero-order valence-corrected chi connectivity index (χ0v) is 13.6. The number of pyridine rings is 1. The molecular formula is C19H19N3O2. The van der Waals surface area contributed by atoms with E-state index in [9.17, 15) is 9.59 Å². The molecule has 2 heterocycles. The Morgan fingerprint density at radius 2 is 2.00 bits per heavy atom. The highest BCUT2D eigenvalue weighted by Gasteiger charge is 2.17. The lowest BCUT2D eigenvalue weighted by molar-refractivity contribution is 0.102. The first-order valence-electron chi connectivity index (χ1n) is 8.23. The number of aromatic amines is 1. The Balaban J connectivity index is 1.66. The fourth-order valence-corrected chi connectivity index (χ4v) is 3.42. The number of nitrogens with zero attached hydrogens (tertiary/aromatic N) is 1. The van der Waals surface area contributed by atoms with E-state index in [4.69, 9.17) is 0 Å². The second kappa shape index (κ2) is 5.67. The smallest absolute Gasteiger partial charge is 0.255 e. The molecule has 2 aromatic heterocycles. The van der Waals surface area contributed by atoms with Crippen molar-refractivity contribution in [3.8, 4) is 0 Å². The van der Waals surface area contributed by atoms with Crippen molar-refractivity contribution in [2.45, 2.75) is 25.7 Å². The number of benzene rings is 1. The van der Waals surface area contributed by atoms with Crippen LogP contribution in [-0.4, -0.2) is 15.5 Å². The van der Waals surface area contributed by atoms with Crippen LogP contribution in [0.2, 0.25) is 0 Å². The van der Waals surface area contributed by atoms with Crippen LogP contribution < -0.4 is 10.9 Å². The zero-order valence-electron chi connectivity index (χ0n) is 13.6. The van der Waals surface area contributed by atoms with Gasteiger partial charge < -0.3 is 14.9 Å². The van der Waals surface area contributed by atoms with Crippen LogP contribution in [0, 0.1) is 0 Å². The molecule has 0 radical (unpaired) electrons. The van der Waals surface area contributed by atoms with Crippen LogP contribution in [-0.2, 0) is 19.9 Å². The lowest BCUT2D eigenvalue weighted by atomic mass is 9.95. The van der Waals surface area contributed by atoms with Gasteiger partial charge in [-0.15, -0.1) is 0 Å². The van der Waals surface area contributed by atoms with Gasteiger partial charge in [0.15, 0.2) is 0 Å². The highest BCUT2D eigenvalue weighted by molar-refractivity contribution is 6.06. The maximum absolute atomic E-state index is 12.5. The summed E-state index contributed by atoms with van der Waals surface area (Å²) in [6.07, 6.45) is 6.20. The van der Waals surface area contributed by atoms with Gasteiger partial charge in [0.2, 0.25) is 5.56 Å². The molecule has 4 rings (SSSR count). The Kier molecular flexibility index (Phi) is 3.49. The molecule has 0 atom stereocenters. The lowest BCUT2D eigenvalue weighted by Gasteiger charge is -2.10. The first-order chi connectivity index (χ1) is 11.6. The van der Waals surface area contributed by atoms with Crippen LogP contribution in [0.1, 0.15) is 34.5 Å². The molecule has 0 spiro atoms. The molecule has 2 N–H and O–H groups in total. The molecule has 0 bridgehead atoms. The van der Waals surface area contributed by atoms with Gasteiger partial charge in [-0.25, -0.2) is 0 Å². The monoisotopic (exact) mass is 321 g/mol. The first-order valence-corrected chi connectivity index (χ1v) is 8.23. The number of aryl methyl sites for hydroxylation is 3. The van der Waals surface area contributed by atoms with E-state index in [1.54, 1.807) is 19.3 Å². The molecule has 3 aromatic rings. The number of carbonyl (C=O) groups is 1. The Morgan fingerprint density at radius 1 is 1.17 bits per heavy atom. The average molecular weight is 321 g/mol. The van der Waals surface area contributed by atoms with Crippen LogP contribution in [0.3, 0.4) is 0 Å². The minimum absolute atomic E-state index is 0.103. The van der Waals surface area contributed by atoms with Crippen molar-refractivity contribution in [2.24, 2.45) is 7.05 Å². The van der Waals surface area contributed by atoms with Gasteiger partial charge in [-0.1, -0.05) is 0 Å². The summed E-state index contributed by atoms with van der Waals surface area (Å²) in [7, 11) is 1.66. The van der Waals surface area contributed by atoms with E-state index in [0.29, 0.717) is 11.3 Å². The second-order valence-electron chi connectivity index (χ2n) is 6.37. The molecule has 24 heavy (non-hydrogen) atoms. The van der Waals surface area contributed by atoms with Gasteiger partial charge in [0, 0.05) is 41.5 Å². The standard InChI is InChI=1S/C19H19N3O2/c1-22-11-13(7-9-18(22)23)20-19(24)12-6-8-17-15(10-12)14-4-2-3-5-16(14)21-17/h6-11,21H,2-5H2,1H3,(H,20,24). The van der Waals surface area contributed by atoms with Crippen molar-refractivity contribution in [1.82, 2.24) is 9.55 Å². The molecule has 0 fully saturated rings. The van der Waals surface area contributed by atoms with Crippen molar-refractivity contribution in [1.29, 1.82) is 0 Å². The number of amides is 1. The molecular weight excluding hydrogens is 302 g/mol. The van der Waals surface area contributed by atoms with Gasteiger partial charge in [-0.05, 0) is 55.5 Å². The van der Waals surface area contributed by atoms with Crippen LogP contribution in [0.4, 0.5) is 5.69 Å². The fraction of sp³-hybridized carbons (Fsp3) is 0.263. The van der Waals surface area contributed by atoms with Crippen LogP contribution in [0.5, 0.6) is 0 Å². The number of fused-ring (bicyclic) bond motifs is 3. The first kappa shape index (κ1) is 14.8. The summed E-state index contributed by atoms with van der Waals surface area (Å²) < 4.78 is 1.45. The molecule has 0 aliphatic heterocycles. The highest BCUT2D eigenvalue weighted by atomic mass is 16.1. The fourth-order valence-electron chi connectivity index (χ4n) is 3.42. The van der Waals surface area contributed by atoms with Crippen molar-refractivity contribution < 1.29 is 4.79 Å². The number of carbonyl (C=O) groups excluding carboxylic acids is 1. The molecule has 1 aliphatic carbocycles. The zero-order chi connectivity index (χ0) is 16.7. The van der Waals surface area contributed by atoms with Crippen LogP contribution in [0.25, 0.3) is 10.9 Å². The molecule has 1 aromatic carbocycles. The number of hydrogen-bond acceptors (Lipinski definition) is 2. The van der Waals surface area contributed by atoms with Crippen molar-refractivity contribution in [3.05, 3.63) is 63.7 Å². The number of hydrogen-bond donors (Lipinski definition) is 2. The maximum atomic E-state index is 12.5. The van der Waals surface area contributed by atoms with Gasteiger partial charge >= 0.3 is 0 Å². The maximum Gasteiger partial charge on any atom is 0.255 e. The summed E-state index contributed by atoms with van der Waals surface area (Å²) in [6, 6.07) is 8.84. The van der Waals surface area contributed by atoms with Gasteiger partial charge in [0.1, 0.15) is 0 Å². The predicted molar refractivity (Wildman–Crippen MR) is 94.6 cm³/mol. The van der Waals surface area contributed by atoms with Gasteiger partial charge in [-0.2, -0.15) is 0 Å². The van der Waals surface area contributed by atoms with E-state index in [1.165, 1.54) is 34.7 Å². The van der Waals surface area contributed by atoms with Crippen molar-refractivity contribution in [3.63, 3.8) is 0 Å². The molecule has 1 aliphatic rings. The Morgan fingerprint density at radius 3 is 2.83 bits per heavy atom. The van der Waals surface area contributed by atoms with E-state index in [1.807, 2.05) is 18.2 Å². The molecule has 122 valence electrons. The number of nitrogens with one attached hydrogen (secondary N) is 2. The van der Waals surface area contributed by atoms with E-state index in [0.717, 1.165) is 23.7 Å². The molecule has 0 saturated heterocycles. The summed E-state index contributed by atoms with van der Waals surface area (Å²) in [6.45, 7) is 0. The Bertz CT molecular complexity index is 998.